The van der Waals surface area contributed by atoms with Gasteiger partial charge < -0.3 is 15.2 Å². The third kappa shape index (κ3) is 3.36. The number of ether oxygens (including phenoxy) is 1. The summed E-state index contributed by atoms with van der Waals surface area (Å²) in [6, 6.07) is 4.85. The first kappa shape index (κ1) is 15.5. The molecule has 2 aliphatic rings. The van der Waals surface area contributed by atoms with Crippen molar-refractivity contribution in [1.29, 1.82) is 0 Å². The maximum absolute atomic E-state index is 12.2. The van der Waals surface area contributed by atoms with E-state index in [1.54, 1.807) is 18.2 Å². The molecular weight excluding hydrogens is 298 g/mol. The molecule has 1 aliphatic heterocycles. The summed E-state index contributed by atoms with van der Waals surface area (Å²) in [5, 5.41) is 11.5. The predicted molar refractivity (Wildman–Crippen MR) is 82.6 cm³/mol. The van der Waals surface area contributed by atoms with Gasteiger partial charge in [-0.25, -0.2) is 0 Å². The average Bonchev–Trinajstić information content (AvgIpc) is 3.05. The topological polar surface area (TPSA) is 92.7 Å². The van der Waals surface area contributed by atoms with Crippen molar-refractivity contribution in [3.05, 3.63) is 23.8 Å². The van der Waals surface area contributed by atoms with Crippen molar-refractivity contribution < 1.29 is 24.2 Å². The van der Waals surface area contributed by atoms with E-state index in [0.717, 1.165) is 25.7 Å². The lowest BCUT2D eigenvalue weighted by molar-refractivity contribution is -0.137. The molecule has 6 nitrogen and oxygen atoms in total. The number of fused-ring (bicyclic) bond motifs is 1. The van der Waals surface area contributed by atoms with Crippen LogP contribution in [-0.2, 0) is 9.59 Å². The highest BCUT2D eigenvalue weighted by molar-refractivity contribution is 6.02. The van der Waals surface area contributed by atoms with Crippen LogP contribution < -0.4 is 10.1 Å². The molecule has 0 saturated heterocycles. The summed E-state index contributed by atoms with van der Waals surface area (Å²) < 4.78 is 5.84. The van der Waals surface area contributed by atoms with Gasteiger partial charge in [0.2, 0.25) is 0 Å². The zero-order valence-corrected chi connectivity index (χ0v) is 12.7. The normalized spacial score (nSPS) is 20.5. The Morgan fingerprint density at radius 1 is 1.22 bits per heavy atom. The van der Waals surface area contributed by atoms with E-state index in [1.165, 1.54) is 0 Å². The molecule has 1 aromatic rings. The molecule has 0 spiro atoms. The number of nitrogens with one attached hydrogen (secondary N) is 1. The number of carboxylic acid groups (broad SMARTS) is 1. The van der Waals surface area contributed by atoms with Gasteiger partial charge in [0.05, 0.1) is 12.1 Å². The number of ketones is 1. The Bertz CT molecular complexity index is 648. The van der Waals surface area contributed by atoms with Crippen molar-refractivity contribution in [2.75, 3.05) is 5.32 Å². The number of carboxylic acids is 1. The molecule has 0 radical (unpaired) electrons. The zero-order chi connectivity index (χ0) is 16.4. The molecule has 1 fully saturated rings. The first-order valence-corrected chi connectivity index (χ1v) is 7.91. The average molecular weight is 317 g/mol. The van der Waals surface area contributed by atoms with E-state index >= 15 is 0 Å². The van der Waals surface area contributed by atoms with Crippen LogP contribution in [0, 0.1) is 5.92 Å². The van der Waals surface area contributed by atoms with Crippen LogP contribution >= 0.6 is 0 Å². The number of amides is 1. The summed E-state index contributed by atoms with van der Waals surface area (Å²) in [7, 11) is 0. The summed E-state index contributed by atoms with van der Waals surface area (Å²) in [5.41, 5.74) is 0.860. The summed E-state index contributed by atoms with van der Waals surface area (Å²) in [6.45, 7) is 0. The second kappa shape index (κ2) is 6.40. The van der Waals surface area contributed by atoms with Gasteiger partial charge in [0.1, 0.15) is 5.75 Å². The lowest BCUT2D eigenvalue weighted by Gasteiger charge is -2.29. The summed E-state index contributed by atoms with van der Waals surface area (Å²) in [5.74, 6) is -0.620. The molecule has 122 valence electrons. The number of rotatable bonds is 5. The third-order valence-corrected chi connectivity index (χ3v) is 4.47. The number of hydrogen-bond donors (Lipinski definition) is 2. The van der Waals surface area contributed by atoms with Crippen molar-refractivity contribution >= 4 is 23.3 Å². The highest BCUT2D eigenvalue weighted by atomic mass is 16.5. The lowest BCUT2D eigenvalue weighted by atomic mass is 9.98. The van der Waals surface area contributed by atoms with Gasteiger partial charge in [0.15, 0.2) is 11.9 Å². The van der Waals surface area contributed by atoms with Crippen LogP contribution in [0.5, 0.6) is 5.75 Å². The van der Waals surface area contributed by atoms with E-state index in [1.807, 2.05) is 0 Å². The van der Waals surface area contributed by atoms with Gasteiger partial charge in [-0.2, -0.15) is 0 Å². The van der Waals surface area contributed by atoms with E-state index < -0.39 is 12.1 Å². The second-order valence-corrected chi connectivity index (χ2v) is 6.10. The van der Waals surface area contributed by atoms with Crippen molar-refractivity contribution in [2.24, 2.45) is 5.92 Å². The highest BCUT2D eigenvalue weighted by Crippen LogP contribution is 2.37. The summed E-state index contributed by atoms with van der Waals surface area (Å²) in [4.78, 5) is 34.8. The Kier molecular flexibility index (Phi) is 4.32. The molecule has 6 heteroatoms. The van der Waals surface area contributed by atoms with Gasteiger partial charge in [0.25, 0.3) is 5.91 Å². The van der Waals surface area contributed by atoms with Crippen LogP contribution in [0.4, 0.5) is 5.69 Å². The van der Waals surface area contributed by atoms with Gasteiger partial charge in [-0.1, -0.05) is 12.8 Å². The molecule has 23 heavy (non-hydrogen) atoms. The van der Waals surface area contributed by atoms with Crippen LogP contribution in [0.15, 0.2) is 18.2 Å². The van der Waals surface area contributed by atoms with Crippen molar-refractivity contribution in [1.82, 2.24) is 0 Å². The standard InChI is InChI=1S/C17H19NO5/c19-13(6-8-15(20)21)11-5-7-14-12(9-11)18-17(22)16(23-14)10-3-1-2-4-10/h5,7,9-10,16H,1-4,6,8H2,(H,18,22)(H,20,21). The van der Waals surface area contributed by atoms with Gasteiger partial charge in [0, 0.05) is 17.9 Å². The van der Waals surface area contributed by atoms with Gasteiger partial charge in [-0.05, 0) is 31.0 Å². The van der Waals surface area contributed by atoms with Gasteiger partial charge in [-0.3, -0.25) is 14.4 Å². The Morgan fingerprint density at radius 3 is 2.65 bits per heavy atom. The van der Waals surface area contributed by atoms with Gasteiger partial charge >= 0.3 is 5.97 Å². The Morgan fingerprint density at radius 2 is 1.96 bits per heavy atom. The maximum Gasteiger partial charge on any atom is 0.303 e. The molecule has 1 aromatic carbocycles. The van der Waals surface area contributed by atoms with Crippen molar-refractivity contribution in [3.8, 4) is 5.75 Å². The Labute approximate surface area is 133 Å². The van der Waals surface area contributed by atoms with Crippen LogP contribution in [0.2, 0.25) is 0 Å². The smallest absolute Gasteiger partial charge is 0.303 e. The van der Waals surface area contributed by atoms with E-state index in [2.05, 4.69) is 5.32 Å². The Hall–Kier alpha value is -2.37. The molecule has 1 amide bonds. The van der Waals surface area contributed by atoms with E-state index in [-0.39, 0.29) is 30.4 Å². The number of carbonyl (C=O) groups excluding carboxylic acids is 2. The SMILES string of the molecule is O=C(O)CCC(=O)c1ccc2c(c1)NC(=O)C(C1CCCC1)O2. The minimum absolute atomic E-state index is 0.0619. The monoisotopic (exact) mass is 317 g/mol. The van der Waals surface area contributed by atoms with Crippen LogP contribution in [0.25, 0.3) is 0 Å². The molecule has 1 aliphatic carbocycles. The largest absolute Gasteiger partial charge is 0.481 e. The number of carbonyl (C=O) groups is 3. The van der Waals surface area contributed by atoms with E-state index in [9.17, 15) is 14.4 Å². The maximum atomic E-state index is 12.2. The first-order chi connectivity index (χ1) is 11.0. The first-order valence-electron chi connectivity index (χ1n) is 7.91. The molecule has 1 saturated carbocycles. The fourth-order valence-corrected chi connectivity index (χ4v) is 3.23. The van der Waals surface area contributed by atoms with Crippen LogP contribution in [0.1, 0.15) is 48.9 Å². The molecule has 1 unspecified atom stereocenters. The second-order valence-electron chi connectivity index (χ2n) is 6.10. The molecule has 1 atom stereocenters. The lowest BCUT2D eigenvalue weighted by Crippen LogP contribution is -2.41. The molecule has 0 aromatic heterocycles. The molecule has 2 N–H and O–H groups in total. The van der Waals surface area contributed by atoms with E-state index in [4.69, 9.17) is 9.84 Å². The van der Waals surface area contributed by atoms with Crippen LogP contribution in [-0.4, -0.2) is 28.9 Å². The zero-order valence-electron chi connectivity index (χ0n) is 12.7. The molecule has 3 rings (SSSR count). The number of hydrogen-bond acceptors (Lipinski definition) is 4. The van der Waals surface area contributed by atoms with Crippen molar-refractivity contribution in [2.45, 2.75) is 44.6 Å². The summed E-state index contributed by atoms with van der Waals surface area (Å²) >= 11 is 0. The van der Waals surface area contributed by atoms with E-state index in [0.29, 0.717) is 17.0 Å². The number of benzene rings is 1. The van der Waals surface area contributed by atoms with Crippen LogP contribution in [0.3, 0.4) is 0 Å². The highest BCUT2D eigenvalue weighted by Gasteiger charge is 2.36. The molecule has 1 heterocycles. The van der Waals surface area contributed by atoms with Gasteiger partial charge in [-0.15, -0.1) is 0 Å². The predicted octanol–water partition coefficient (Wildman–Crippen LogP) is 2.62. The molecular formula is C17H19NO5. The summed E-state index contributed by atoms with van der Waals surface area (Å²) in [6.07, 6.45) is 3.52. The van der Waals surface area contributed by atoms with Crippen molar-refractivity contribution in [3.63, 3.8) is 0 Å². The quantitative estimate of drug-likeness (QED) is 0.814. The molecule has 0 bridgehead atoms. The minimum Gasteiger partial charge on any atom is -0.481 e. The third-order valence-electron chi connectivity index (χ3n) is 4.47. The fraction of sp³-hybridized carbons (Fsp3) is 0.471. The fourth-order valence-electron chi connectivity index (χ4n) is 3.23. The minimum atomic E-state index is -1.01. The number of aliphatic carboxylic acids is 1. The number of Topliss-reactive ketones (excluding diaryl/α,β-unsaturated/α-hetero) is 1. The number of anilines is 1. The Balaban J connectivity index is 1.74.